The number of piperidine rings is 1. The fraction of sp³-hybridized carbons (Fsp3) is 0.684. The Morgan fingerprint density at radius 2 is 1.57 bits per heavy atom. The molecule has 0 spiro atoms. The van der Waals surface area contributed by atoms with Crippen LogP contribution in [-0.4, -0.2) is 80.6 Å². The third-order valence-electron chi connectivity index (χ3n) is 5.55. The van der Waals surface area contributed by atoms with E-state index in [1.54, 1.807) is 30.3 Å². The van der Waals surface area contributed by atoms with Crippen molar-refractivity contribution in [1.29, 1.82) is 0 Å². The summed E-state index contributed by atoms with van der Waals surface area (Å²) in [6.45, 7) is 2.57. The van der Waals surface area contributed by atoms with E-state index in [4.69, 9.17) is 0 Å². The smallest absolute Gasteiger partial charge is 0.302 e. The second-order valence-electron chi connectivity index (χ2n) is 7.60. The van der Waals surface area contributed by atoms with E-state index >= 15 is 0 Å². The average molecular weight is 420 g/mol. The summed E-state index contributed by atoms with van der Waals surface area (Å²) in [7, 11) is -3.68. The van der Waals surface area contributed by atoms with Crippen molar-refractivity contribution in [3.63, 3.8) is 0 Å². The molecule has 0 aromatic heterocycles. The number of rotatable bonds is 7. The van der Waals surface area contributed by atoms with Gasteiger partial charge in [-0.15, -0.1) is 0 Å². The molecular formula is C19H28F3N3O2S. The van der Waals surface area contributed by atoms with E-state index < -0.39 is 22.7 Å². The van der Waals surface area contributed by atoms with Crippen LogP contribution in [0, 0.1) is 0 Å². The third kappa shape index (κ3) is 5.68. The number of likely N-dealkylation sites (tertiary alicyclic amines) is 2. The maximum absolute atomic E-state index is 13.3. The summed E-state index contributed by atoms with van der Waals surface area (Å²) in [4.78, 5) is 3.87. The average Bonchev–Trinajstić information content (AvgIpc) is 3.16. The highest BCUT2D eigenvalue weighted by Gasteiger charge is 2.37. The molecule has 9 heteroatoms. The number of hydrogen-bond donors (Lipinski definition) is 0. The summed E-state index contributed by atoms with van der Waals surface area (Å²) in [5, 5.41) is 0. The lowest BCUT2D eigenvalue weighted by atomic mass is 10.1. The molecule has 2 fully saturated rings. The Morgan fingerprint density at radius 3 is 2.14 bits per heavy atom. The molecule has 2 saturated heterocycles. The summed E-state index contributed by atoms with van der Waals surface area (Å²) >= 11 is 0. The normalized spacial score (nSPS) is 20.9. The van der Waals surface area contributed by atoms with Crippen molar-refractivity contribution in [3.8, 4) is 0 Å². The van der Waals surface area contributed by atoms with Gasteiger partial charge >= 0.3 is 6.18 Å². The lowest BCUT2D eigenvalue weighted by Crippen LogP contribution is -2.50. The molecule has 0 N–H and O–H groups in total. The van der Waals surface area contributed by atoms with E-state index in [9.17, 15) is 21.6 Å². The number of nitrogens with zero attached hydrogens (tertiary/aromatic N) is 3. The summed E-state index contributed by atoms with van der Waals surface area (Å²) in [5.74, 6) is 0. The standard InChI is InChI=1S/C19H28F3N3O2S/c20-19(21,22)16-24-12-8-17(9-13-24)25(15-14-23-10-4-5-11-23)28(26,27)18-6-2-1-3-7-18/h1-3,6-7,17H,4-5,8-16H2. The first kappa shape index (κ1) is 21.5. The van der Waals surface area contributed by atoms with Gasteiger partial charge in [-0.3, -0.25) is 4.90 Å². The Balaban J connectivity index is 1.71. The molecule has 2 aliphatic heterocycles. The highest BCUT2D eigenvalue weighted by atomic mass is 32.2. The molecule has 0 atom stereocenters. The summed E-state index contributed by atoms with van der Waals surface area (Å²) in [6.07, 6.45) is -1.13. The van der Waals surface area contributed by atoms with E-state index in [0.29, 0.717) is 25.9 Å². The molecule has 0 aliphatic carbocycles. The topological polar surface area (TPSA) is 43.9 Å². The number of hydrogen-bond acceptors (Lipinski definition) is 4. The summed E-state index contributed by atoms with van der Waals surface area (Å²) in [6, 6.07) is 8.05. The van der Waals surface area contributed by atoms with Crippen molar-refractivity contribution < 1.29 is 21.6 Å². The predicted molar refractivity (Wildman–Crippen MR) is 102 cm³/mol. The van der Waals surface area contributed by atoms with Gasteiger partial charge < -0.3 is 4.90 Å². The van der Waals surface area contributed by atoms with Crippen molar-refractivity contribution in [1.82, 2.24) is 14.1 Å². The minimum atomic E-state index is -4.22. The van der Waals surface area contributed by atoms with E-state index in [1.807, 2.05) is 0 Å². The van der Waals surface area contributed by atoms with Crippen molar-refractivity contribution in [2.24, 2.45) is 0 Å². The minimum Gasteiger partial charge on any atom is -0.302 e. The molecule has 3 rings (SSSR count). The van der Waals surface area contributed by atoms with Crippen LogP contribution >= 0.6 is 0 Å². The van der Waals surface area contributed by atoms with Gasteiger partial charge in [0.2, 0.25) is 10.0 Å². The molecule has 158 valence electrons. The number of sulfonamides is 1. The van der Waals surface area contributed by atoms with Crippen LogP contribution in [-0.2, 0) is 10.0 Å². The first-order valence-corrected chi connectivity index (χ1v) is 11.3. The Morgan fingerprint density at radius 1 is 0.964 bits per heavy atom. The molecule has 0 bridgehead atoms. The molecule has 2 heterocycles. The van der Waals surface area contributed by atoms with E-state index in [2.05, 4.69) is 4.90 Å². The highest BCUT2D eigenvalue weighted by Crippen LogP contribution is 2.26. The Hall–Kier alpha value is -1.16. The lowest BCUT2D eigenvalue weighted by Gasteiger charge is -2.38. The van der Waals surface area contributed by atoms with Crippen LogP contribution in [0.25, 0.3) is 0 Å². The van der Waals surface area contributed by atoms with Crippen LogP contribution < -0.4 is 0 Å². The molecule has 0 saturated carbocycles. The molecule has 0 amide bonds. The van der Waals surface area contributed by atoms with Crippen molar-refractivity contribution in [3.05, 3.63) is 30.3 Å². The van der Waals surface area contributed by atoms with Gasteiger partial charge in [-0.1, -0.05) is 18.2 Å². The van der Waals surface area contributed by atoms with Gasteiger partial charge in [0, 0.05) is 32.2 Å². The Kier molecular flexibility index (Phi) is 7.01. The van der Waals surface area contributed by atoms with E-state index in [1.165, 1.54) is 9.21 Å². The lowest BCUT2D eigenvalue weighted by molar-refractivity contribution is -0.148. The fourth-order valence-corrected chi connectivity index (χ4v) is 5.79. The maximum Gasteiger partial charge on any atom is 0.401 e. The zero-order valence-corrected chi connectivity index (χ0v) is 16.8. The van der Waals surface area contributed by atoms with Crippen molar-refractivity contribution >= 4 is 10.0 Å². The van der Waals surface area contributed by atoms with Gasteiger partial charge in [0.05, 0.1) is 11.4 Å². The predicted octanol–water partition coefficient (Wildman–Crippen LogP) is 2.80. The van der Waals surface area contributed by atoms with Gasteiger partial charge in [0.25, 0.3) is 0 Å². The molecule has 1 aromatic carbocycles. The Labute approximate surface area is 165 Å². The fourth-order valence-electron chi connectivity index (χ4n) is 4.09. The van der Waals surface area contributed by atoms with Gasteiger partial charge in [-0.25, -0.2) is 8.42 Å². The molecule has 0 radical (unpaired) electrons. The minimum absolute atomic E-state index is 0.245. The number of halogens is 3. The maximum atomic E-state index is 13.3. The monoisotopic (exact) mass is 419 g/mol. The van der Waals surface area contributed by atoms with Crippen LogP contribution in [0.2, 0.25) is 0 Å². The van der Waals surface area contributed by atoms with E-state index in [0.717, 1.165) is 25.9 Å². The van der Waals surface area contributed by atoms with Gasteiger partial charge in [-0.2, -0.15) is 17.5 Å². The zero-order chi connectivity index (χ0) is 20.2. The molecule has 0 unspecified atom stereocenters. The van der Waals surface area contributed by atoms with Crippen LogP contribution in [0.5, 0.6) is 0 Å². The Bertz CT molecular complexity index is 714. The van der Waals surface area contributed by atoms with Gasteiger partial charge in [-0.05, 0) is 50.9 Å². The van der Waals surface area contributed by atoms with Crippen LogP contribution in [0.15, 0.2) is 35.2 Å². The first-order valence-electron chi connectivity index (χ1n) is 9.84. The number of benzene rings is 1. The first-order chi connectivity index (χ1) is 13.3. The van der Waals surface area contributed by atoms with Crippen LogP contribution in [0.4, 0.5) is 13.2 Å². The molecule has 1 aromatic rings. The SMILES string of the molecule is O=S(=O)(c1ccccc1)N(CCN1CCCC1)C1CCN(CC(F)(F)F)CC1. The van der Waals surface area contributed by atoms with E-state index in [-0.39, 0.29) is 24.0 Å². The second-order valence-corrected chi connectivity index (χ2v) is 9.49. The summed E-state index contributed by atoms with van der Waals surface area (Å²) in [5.41, 5.74) is 0. The highest BCUT2D eigenvalue weighted by molar-refractivity contribution is 7.89. The largest absolute Gasteiger partial charge is 0.401 e. The van der Waals surface area contributed by atoms with Crippen molar-refractivity contribution in [2.45, 2.75) is 42.8 Å². The van der Waals surface area contributed by atoms with Crippen LogP contribution in [0.1, 0.15) is 25.7 Å². The number of alkyl halides is 3. The quantitative estimate of drug-likeness (QED) is 0.682. The molecular weight excluding hydrogens is 391 g/mol. The van der Waals surface area contributed by atoms with Gasteiger partial charge in [0.15, 0.2) is 0 Å². The summed E-state index contributed by atoms with van der Waals surface area (Å²) < 4.78 is 66.0. The van der Waals surface area contributed by atoms with Gasteiger partial charge in [0.1, 0.15) is 0 Å². The third-order valence-corrected chi connectivity index (χ3v) is 7.52. The second kappa shape index (κ2) is 9.11. The molecule has 5 nitrogen and oxygen atoms in total. The van der Waals surface area contributed by atoms with Crippen LogP contribution in [0.3, 0.4) is 0 Å². The zero-order valence-electron chi connectivity index (χ0n) is 15.9. The van der Waals surface area contributed by atoms with Crippen molar-refractivity contribution in [2.75, 3.05) is 45.8 Å². The molecule has 28 heavy (non-hydrogen) atoms. The molecule has 2 aliphatic rings.